The number of amides is 1. The summed E-state index contributed by atoms with van der Waals surface area (Å²) in [6.07, 6.45) is 5.76. The molecule has 4 heteroatoms. The number of hydrogen-bond acceptors (Lipinski definition) is 3. The first-order chi connectivity index (χ1) is 7.86. The monoisotopic (exact) mass is 216 g/mol. The Hall–Kier alpha value is -2.10. The Labute approximate surface area is 93.3 Å². The Morgan fingerprint density at radius 2 is 2.31 bits per heavy atom. The van der Waals surface area contributed by atoms with E-state index < -0.39 is 0 Å². The van der Waals surface area contributed by atoms with Crippen LogP contribution in [0.2, 0.25) is 0 Å². The summed E-state index contributed by atoms with van der Waals surface area (Å²) in [4.78, 5) is 15.5. The molecule has 0 aliphatic heterocycles. The van der Waals surface area contributed by atoms with Crippen molar-refractivity contribution in [2.24, 2.45) is 0 Å². The number of carbonyl (C=O) groups is 1. The minimum absolute atomic E-state index is 0.186. The zero-order chi connectivity index (χ0) is 11.2. The molecule has 1 amide bonds. The molecule has 0 aliphatic rings. The minimum Gasteiger partial charge on any atom is -0.459 e. The number of furan rings is 1. The number of aromatic nitrogens is 1. The fourth-order valence-corrected chi connectivity index (χ4v) is 1.36. The standard InChI is InChI=1S/C12H12N2O2/c15-12(11-4-2-8-16-11)14-7-5-10-3-1-6-13-9-10/h1-4,6,8-9H,5,7H2,(H,14,15). The van der Waals surface area contributed by atoms with Crippen LogP contribution in [-0.2, 0) is 6.42 Å². The van der Waals surface area contributed by atoms with Crippen LogP contribution in [0.4, 0.5) is 0 Å². The lowest BCUT2D eigenvalue weighted by atomic mass is 10.2. The number of nitrogens with zero attached hydrogens (tertiary/aromatic N) is 1. The van der Waals surface area contributed by atoms with Crippen molar-refractivity contribution in [3.8, 4) is 0 Å². The maximum absolute atomic E-state index is 11.5. The van der Waals surface area contributed by atoms with Crippen LogP contribution in [0.1, 0.15) is 16.1 Å². The van der Waals surface area contributed by atoms with Crippen LogP contribution in [0.3, 0.4) is 0 Å². The highest BCUT2D eigenvalue weighted by atomic mass is 16.3. The van der Waals surface area contributed by atoms with E-state index in [4.69, 9.17) is 4.42 Å². The number of rotatable bonds is 4. The lowest BCUT2D eigenvalue weighted by Gasteiger charge is -2.02. The van der Waals surface area contributed by atoms with Crippen LogP contribution in [0.15, 0.2) is 47.3 Å². The molecule has 0 unspecified atom stereocenters. The second kappa shape index (κ2) is 5.11. The lowest BCUT2D eigenvalue weighted by molar-refractivity contribution is 0.0926. The van der Waals surface area contributed by atoms with Crippen molar-refractivity contribution in [2.45, 2.75) is 6.42 Å². The third-order valence-electron chi connectivity index (χ3n) is 2.17. The van der Waals surface area contributed by atoms with Gasteiger partial charge in [0.1, 0.15) is 0 Å². The molecule has 1 N–H and O–H groups in total. The molecule has 0 saturated carbocycles. The van der Waals surface area contributed by atoms with Gasteiger partial charge in [0.2, 0.25) is 0 Å². The summed E-state index contributed by atoms with van der Waals surface area (Å²) in [7, 11) is 0. The quantitative estimate of drug-likeness (QED) is 0.845. The molecule has 0 bridgehead atoms. The molecular weight excluding hydrogens is 204 g/mol. The highest BCUT2D eigenvalue weighted by molar-refractivity contribution is 5.91. The second-order valence-corrected chi connectivity index (χ2v) is 3.34. The fourth-order valence-electron chi connectivity index (χ4n) is 1.36. The molecule has 2 aromatic rings. The molecule has 0 aromatic carbocycles. The van der Waals surface area contributed by atoms with Gasteiger partial charge in [0.15, 0.2) is 5.76 Å². The molecule has 4 nitrogen and oxygen atoms in total. The highest BCUT2D eigenvalue weighted by Gasteiger charge is 2.06. The predicted molar refractivity (Wildman–Crippen MR) is 59.0 cm³/mol. The van der Waals surface area contributed by atoms with Gasteiger partial charge >= 0.3 is 0 Å². The zero-order valence-corrected chi connectivity index (χ0v) is 8.72. The van der Waals surface area contributed by atoms with Crippen LogP contribution < -0.4 is 5.32 Å². The van der Waals surface area contributed by atoms with Crippen molar-refractivity contribution < 1.29 is 9.21 Å². The Morgan fingerprint density at radius 1 is 1.38 bits per heavy atom. The van der Waals surface area contributed by atoms with Gasteiger partial charge in [-0.25, -0.2) is 0 Å². The van der Waals surface area contributed by atoms with Crippen molar-refractivity contribution in [1.82, 2.24) is 10.3 Å². The summed E-state index contributed by atoms with van der Waals surface area (Å²) in [5.41, 5.74) is 1.10. The maximum atomic E-state index is 11.5. The van der Waals surface area contributed by atoms with E-state index >= 15 is 0 Å². The summed E-state index contributed by atoms with van der Waals surface area (Å²) < 4.78 is 4.97. The number of carbonyl (C=O) groups excluding carboxylic acids is 1. The van der Waals surface area contributed by atoms with E-state index in [9.17, 15) is 4.79 Å². The van der Waals surface area contributed by atoms with Gasteiger partial charge < -0.3 is 9.73 Å². The summed E-state index contributed by atoms with van der Waals surface area (Å²) in [6, 6.07) is 7.19. The van der Waals surface area contributed by atoms with E-state index in [0.29, 0.717) is 12.3 Å². The molecule has 0 atom stereocenters. The molecular formula is C12H12N2O2. The van der Waals surface area contributed by atoms with E-state index in [0.717, 1.165) is 12.0 Å². The van der Waals surface area contributed by atoms with Gasteiger partial charge in [-0.3, -0.25) is 9.78 Å². The van der Waals surface area contributed by atoms with Crippen LogP contribution in [-0.4, -0.2) is 17.4 Å². The van der Waals surface area contributed by atoms with Gasteiger partial charge in [0.05, 0.1) is 6.26 Å². The Bertz CT molecular complexity index is 437. The molecule has 82 valence electrons. The first-order valence-corrected chi connectivity index (χ1v) is 5.07. The van der Waals surface area contributed by atoms with Crippen LogP contribution in [0.25, 0.3) is 0 Å². The molecule has 0 fully saturated rings. The number of nitrogens with one attached hydrogen (secondary N) is 1. The van der Waals surface area contributed by atoms with E-state index in [1.807, 2.05) is 12.1 Å². The van der Waals surface area contributed by atoms with Gasteiger partial charge in [-0.1, -0.05) is 6.07 Å². The normalized spacial score (nSPS) is 10.0. The van der Waals surface area contributed by atoms with E-state index in [-0.39, 0.29) is 5.91 Å². The van der Waals surface area contributed by atoms with Crippen molar-refractivity contribution in [1.29, 1.82) is 0 Å². The van der Waals surface area contributed by atoms with Gasteiger partial charge in [0, 0.05) is 18.9 Å². The van der Waals surface area contributed by atoms with E-state index in [2.05, 4.69) is 10.3 Å². The lowest BCUT2D eigenvalue weighted by Crippen LogP contribution is -2.25. The molecule has 16 heavy (non-hydrogen) atoms. The maximum Gasteiger partial charge on any atom is 0.286 e. The van der Waals surface area contributed by atoms with Gasteiger partial charge in [-0.05, 0) is 30.2 Å². The van der Waals surface area contributed by atoms with Crippen molar-refractivity contribution in [2.75, 3.05) is 6.54 Å². The molecule has 2 heterocycles. The predicted octanol–water partition coefficient (Wildman–Crippen LogP) is 1.65. The van der Waals surface area contributed by atoms with Crippen molar-refractivity contribution in [3.63, 3.8) is 0 Å². The topological polar surface area (TPSA) is 55.1 Å². The van der Waals surface area contributed by atoms with Crippen molar-refractivity contribution in [3.05, 3.63) is 54.2 Å². The average molecular weight is 216 g/mol. The van der Waals surface area contributed by atoms with E-state index in [1.165, 1.54) is 6.26 Å². The third kappa shape index (κ3) is 2.70. The Morgan fingerprint density at radius 3 is 3.00 bits per heavy atom. The van der Waals surface area contributed by atoms with Crippen LogP contribution in [0, 0.1) is 0 Å². The summed E-state index contributed by atoms with van der Waals surface area (Å²) in [5, 5.41) is 2.77. The summed E-state index contributed by atoms with van der Waals surface area (Å²) in [5.74, 6) is 0.153. The first kappa shape index (κ1) is 10.4. The summed E-state index contributed by atoms with van der Waals surface area (Å²) >= 11 is 0. The highest BCUT2D eigenvalue weighted by Crippen LogP contribution is 2.00. The Balaban J connectivity index is 1.79. The molecule has 0 spiro atoms. The number of hydrogen-bond donors (Lipinski definition) is 1. The average Bonchev–Trinajstić information content (AvgIpc) is 2.84. The van der Waals surface area contributed by atoms with Crippen LogP contribution >= 0.6 is 0 Å². The Kier molecular flexibility index (Phi) is 3.33. The van der Waals surface area contributed by atoms with Gasteiger partial charge in [-0.15, -0.1) is 0 Å². The van der Waals surface area contributed by atoms with E-state index in [1.54, 1.807) is 24.5 Å². The zero-order valence-electron chi connectivity index (χ0n) is 8.72. The van der Waals surface area contributed by atoms with Crippen LogP contribution in [0.5, 0.6) is 0 Å². The largest absolute Gasteiger partial charge is 0.459 e. The molecule has 0 aliphatic carbocycles. The molecule has 2 aromatic heterocycles. The fraction of sp³-hybridized carbons (Fsp3) is 0.167. The molecule has 0 saturated heterocycles. The first-order valence-electron chi connectivity index (χ1n) is 5.07. The smallest absolute Gasteiger partial charge is 0.286 e. The summed E-state index contributed by atoms with van der Waals surface area (Å²) in [6.45, 7) is 0.575. The SMILES string of the molecule is O=C(NCCc1cccnc1)c1ccco1. The molecule has 0 radical (unpaired) electrons. The van der Waals surface area contributed by atoms with Gasteiger partial charge in [-0.2, -0.15) is 0 Å². The molecule has 2 rings (SSSR count). The number of pyridine rings is 1. The minimum atomic E-state index is -0.186. The second-order valence-electron chi connectivity index (χ2n) is 3.34. The third-order valence-corrected chi connectivity index (χ3v) is 2.17. The van der Waals surface area contributed by atoms with Crippen molar-refractivity contribution >= 4 is 5.91 Å². The van der Waals surface area contributed by atoms with Gasteiger partial charge in [0.25, 0.3) is 5.91 Å².